The molecule has 1 aromatic heterocycles. The zero-order valence-corrected chi connectivity index (χ0v) is 11.9. The van der Waals surface area contributed by atoms with E-state index in [1.165, 1.54) is 11.5 Å². The molecule has 0 radical (unpaired) electrons. The van der Waals surface area contributed by atoms with Crippen molar-refractivity contribution in [2.75, 3.05) is 17.1 Å². The first-order valence-corrected chi connectivity index (χ1v) is 7.26. The van der Waals surface area contributed by atoms with Gasteiger partial charge in [-0.1, -0.05) is 13.8 Å². The van der Waals surface area contributed by atoms with E-state index >= 15 is 0 Å². The van der Waals surface area contributed by atoms with Crippen molar-refractivity contribution in [1.29, 1.82) is 0 Å². The molecule has 0 amide bonds. The van der Waals surface area contributed by atoms with Gasteiger partial charge in [-0.2, -0.15) is 4.37 Å². The lowest BCUT2D eigenvalue weighted by Crippen LogP contribution is -2.41. The first-order chi connectivity index (χ1) is 7.69. The fourth-order valence-electron chi connectivity index (χ4n) is 1.24. The van der Waals surface area contributed by atoms with Crippen LogP contribution in [-0.4, -0.2) is 26.7 Å². The standard InChI is InChI=1S/C10H17Cl2N3S/c1-3-5-8-13-9(16-15-8)14-10(4-2,6-11)7-12/h3-7H2,1-2H3,(H,13,14,15). The van der Waals surface area contributed by atoms with Crippen LogP contribution in [0.4, 0.5) is 5.13 Å². The van der Waals surface area contributed by atoms with Crippen LogP contribution in [0.3, 0.4) is 0 Å². The van der Waals surface area contributed by atoms with E-state index in [0.29, 0.717) is 11.8 Å². The minimum atomic E-state index is -0.272. The van der Waals surface area contributed by atoms with Crippen molar-refractivity contribution < 1.29 is 0 Å². The number of nitrogens with zero attached hydrogens (tertiary/aromatic N) is 2. The average molecular weight is 282 g/mol. The third kappa shape index (κ3) is 3.47. The summed E-state index contributed by atoms with van der Waals surface area (Å²) in [6, 6.07) is 0. The monoisotopic (exact) mass is 281 g/mol. The third-order valence-electron chi connectivity index (χ3n) is 2.50. The SMILES string of the molecule is CCCc1nsc(NC(CC)(CCl)CCl)n1. The molecule has 16 heavy (non-hydrogen) atoms. The van der Waals surface area contributed by atoms with E-state index in [9.17, 15) is 0 Å². The summed E-state index contributed by atoms with van der Waals surface area (Å²) in [5.74, 6) is 1.83. The summed E-state index contributed by atoms with van der Waals surface area (Å²) >= 11 is 13.3. The number of hydrogen-bond acceptors (Lipinski definition) is 4. The van der Waals surface area contributed by atoms with E-state index in [0.717, 1.165) is 30.2 Å². The number of aryl methyl sites for hydroxylation is 1. The van der Waals surface area contributed by atoms with E-state index in [4.69, 9.17) is 23.2 Å². The lowest BCUT2D eigenvalue weighted by molar-refractivity contribution is 0.559. The van der Waals surface area contributed by atoms with Crippen LogP contribution >= 0.6 is 34.7 Å². The van der Waals surface area contributed by atoms with Crippen molar-refractivity contribution in [1.82, 2.24) is 9.36 Å². The fraction of sp³-hybridized carbons (Fsp3) is 0.800. The summed E-state index contributed by atoms with van der Waals surface area (Å²) in [6.45, 7) is 4.17. The van der Waals surface area contributed by atoms with Crippen LogP contribution in [0.25, 0.3) is 0 Å². The van der Waals surface area contributed by atoms with Crippen LogP contribution in [0.1, 0.15) is 32.5 Å². The molecule has 0 aliphatic carbocycles. The van der Waals surface area contributed by atoms with Crippen LogP contribution in [0.15, 0.2) is 0 Å². The smallest absolute Gasteiger partial charge is 0.203 e. The maximum absolute atomic E-state index is 5.95. The van der Waals surface area contributed by atoms with Gasteiger partial charge in [0, 0.05) is 29.7 Å². The van der Waals surface area contributed by atoms with Crippen molar-refractivity contribution in [3.63, 3.8) is 0 Å². The molecule has 1 rings (SSSR count). The summed E-state index contributed by atoms with van der Waals surface area (Å²) in [6.07, 6.45) is 2.84. The molecule has 0 spiro atoms. The topological polar surface area (TPSA) is 37.8 Å². The van der Waals surface area contributed by atoms with Gasteiger partial charge in [0.2, 0.25) is 5.13 Å². The van der Waals surface area contributed by atoms with Gasteiger partial charge in [-0.05, 0) is 12.8 Å². The number of hydrogen-bond donors (Lipinski definition) is 1. The maximum atomic E-state index is 5.95. The summed E-state index contributed by atoms with van der Waals surface area (Å²) in [4.78, 5) is 4.41. The van der Waals surface area contributed by atoms with Crippen LogP contribution in [-0.2, 0) is 6.42 Å². The third-order valence-corrected chi connectivity index (χ3v) is 4.19. The molecule has 1 aromatic rings. The van der Waals surface area contributed by atoms with Crippen molar-refractivity contribution in [3.8, 4) is 0 Å². The summed E-state index contributed by atoms with van der Waals surface area (Å²) in [5, 5.41) is 4.11. The minimum absolute atomic E-state index is 0.272. The van der Waals surface area contributed by atoms with E-state index in [1.807, 2.05) is 0 Å². The Balaban J connectivity index is 2.69. The highest BCUT2D eigenvalue weighted by molar-refractivity contribution is 7.09. The van der Waals surface area contributed by atoms with Crippen LogP contribution in [0.2, 0.25) is 0 Å². The Morgan fingerprint density at radius 3 is 2.50 bits per heavy atom. The normalized spacial score (nSPS) is 11.8. The average Bonchev–Trinajstić information content (AvgIpc) is 2.74. The molecule has 0 unspecified atom stereocenters. The summed E-state index contributed by atoms with van der Waals surface area (Å²) in [5.41, 5.74) is -0.272. The number of anilines is 1. The Hall–Kier alpha value is -0.0600. The molecule has 92 valence electrons. The Morgan fingerprint density at radius 1 is 1.31 bits per heavy atom. The molecule has 0 atom stereocenters. The minimum Gasteiger partial charge on any atom is -0.352 e. The van der Waals surface area contributed by atoms with Gasteiger partial charge in [-0.15, -0.1) is 23.2 Å². The second-order valence-electron chi connectivity index (χ2n) is 3.79. The maximum Gasteiger partial charge on any atom is 0.203 e. The molecule has 0 aliphatic heterocycles. The van der Waals surface area contributed by atoms with Crippen LogP contribution in [0, 0.1) is 0 Å². The van der Waals surface area contributed by atoms with Gasteiger partial charge in [0.05, 0.1) is 5.54 Å². The molecule has 0 saturated carbocycles. The van der Waals surface area contributed by atoms with Gasteiger partial charge in [0.15, 0.2) is 0 Å². The quantitative estimate of drug-likeness (QED) is 0.777. The predicted molar refractivity (Wildman–Crippen MR) is 72.0 cm³/mol. The highest BCUT2D eigenvalue weighted by Crippen LogP contribution is 2.23. The van der Waals surface area contributed by atoms with Gasteiger partial charge in [-0.25, -0.2) is 4.98 Å². The summed E-state index contributed by atoms with van der Waals surface area (Å²) in [7, 11) is 0. The molecule has 1 N–H and O–H groups in total. The van der Waals surface area contributed by atoms with Gasteiger partial charge >= 0.3 is 0 Å². The molecule has 3 nitrogen and oxygen atoms in total. The molecular weight excluding hydrogens is 265 g/mol. The van der Waals surface area contributed by atoms with E-state index in [2.05, 4.69) is 28.5 Å². The first kappa shape index (κ1) is 14.0. The van der Waals surface area contributed by atoms with E-state index < -0.39 is 0 Å². The fourth-order valence-corrected chi connectivity index (χ4v) is 2.77. The molecule has 0 aromatic carbocycles. The predicted octanol–water partition coefficient (Wildman–Crippen LogP) is 3.53. The Morgan fingerprint density at radius 2 is 2.00 bits per heavy atom. The number of halogens is 2. The van der Waals surface area contributed by atoms with Crippen molar-refractivity contribution >= 4 is 39.9 Å². The Bertz CT molecular complexity index is 305. The lowest BCUT2D eigenvalue weighted by atomic mass is 10.0. The van der Waals surface area contributed by atoms with Crippen molar-refractivity contribution in [3.05, 3.63) is 5.82 Å². The van der Waals surface area contributed by atoms with Crippen molar-refractivity contribution in [2.24, 2.45) is 0 Å². The second kappa shape index (κ2) is 6.62. The highest BCUT2D eigenvalue weighted by Gasteiger charge is 2.27. The highest BCUT2D eigenvalue weighted by atomic mass is 35.5. The number of rotatable bonds is 7. The lowest BCUT2D eigenvalue weighted by Gasteiger charge is -2.28. The largest absolute Gasteiger partial charge is 0.352 e. The van der Waals surface area contributed by atoms with Gasteiger partial charge in [0.1, 0.15) is 5.82 Å². The first-order valence-electron chi connectivity index (χ1n) is 5.42. The van der Waals surface area contributed by atoms with Gasteiger partial charge < -0.3 is 5.32 Å². The molecule has 0 saturated heterocycles. The molecule has 1 heterocycles. The number of nitrogens with one attached hydrogen (secondary N) is 1. The van der Waals surface area contributed by atoms with Gasteiger partial charge in [0.25, 0.3) is 0 Å². The van der Waals surface area contributed by atoms with E-state index in [-0.39, 0.29) is 5.54 Å². The Labute approximate surface area is 111 Å². The van der Waals surface area contributed by atoms with Crippen LogP contribution in [0.5, 0.6) is 0 Å². The zero-order valence-electron chi connectivity index (χ0n) is 9.59. The summed E-state index contributed by atoms with van der Waals surface area (Å²) < 4.78 is 4.27. The van der Waals surface area contributed by atoms with Crippen molar-refractivity contribution in [2.45, 2.75) is 38.6 Å². The zero-order chi connectivity index (χ0) is 12.0. The number of aromatic nitrogens is 2. The van der Waals surface area contributed by atoms with Crippen LogP contribution < -0.4 is 5.32 Å². The second-order valence-corrected chi connectivity index (χ2v) is 5.08. The molecule has 0 fully saturated rings. The number of alkyl halides is 2. The molecular formula is C10H17Cl2N3S. The molecule has 0 aliphatic rings. The van der Waals surface area contributed by atoms with E-state index in [1.54, 1.807) is 0 Å². The molecule has 0 bridgehead atoms. The molecule has 6 heteroatoms. The van der Waals surface area contributed by atoms with Gasteiger partial charge in [-0.3, -0.25) is 0 Å². The Kier molecular flexibility index (Phi) is 5.79.